The van der Waals surface area contributed by atoms with E-state index in [-0.39, 0.29) is 17.7 Å². The van der Waals surface area contributed by atoms with Crippen LogP contribution in [0, 0.1) is 5.92 Å². The van der Waals surface area contributed by atoms with Crippen LogP contribution in [0.2, 0.25) is 0 Å². The first-order valence-corrected chi connectivity index (χ1v) is 9.00. The van der Waals surface area contributed by atoms with Crippen molar-refractivity contribution in [3.63, 3.8) is 0 Å². The van der Waals surface area contributed by atoms with E-state index in [9.17, 15) is 14.4 Å². The Morgan fingerprint density at radius 1 is 1.13 bits per heavy atom. The first-order chi connectivity index (χ1) is 11.1. The van der Waals surface area contributed by atoms with Gasteiger partial charge in [-0.1, -0.05) is 19.3 Å². The van der Waals surface area contributed by atoms with Crippen LogP contribution in [-0.2, 0) is 9.59 Å². The van der Waals surface area contributed by atoms with Crippen molar-refractivity contribution < 1.29 is 14.4 Å². The third-order valence-electron chi connectivity index (χ3n) is 5.84. The molecule has 6 heteroatoms. The van der Waals surface area contributed by atoms with Crippen LogP contribution < -0.4 is 10.6 Å². The average molecular weight is 321 g/mol. The van der Waals surface area contributed by atoms with Crippen molar-refractivity contribution in [3.05, 3.63) is 0 Å². The maximum atomic E-state index is 12.9. The molecule has 2 aliphatic carbocycles. The second-order valence-electron chi connectivity index (χ2n) is 7.18. The first-order valence-electron chi connectivity index (χ1n) is 9.00. The Kier molecular flexibility index (Phi) is 4.60. The number of hydrogen-bond donors (Lipinski definition) is 2. The third-order valence-corrected chi connectivity index (χ3v) is 5.84. The molecule has 1 saturated heterocycles. The molecule has 6 nitrogen and oxygen atoms in total. The molecule has 0 unspecified atom stereocenters. The maximum absolute atomic E-state index is 12.9. The zero-order valence-electron chi connectivity index (χ0n) is 13.9. The van der Waals surface area contributed by atoms with Crippen LogP contribution in [0.15, 0.2) is 0 Å². The van der Waals surface area contributed by atoms with Crippen LogP contribution >= 0.6 is 0 Å². The Labute approximate surface area is 137 Å². The summed E-state index contributed by atoms with van der Waals surface area (Å²) in [7, 11) is 0. The van der Waals surface area contributed by atoms with Crippen LogP contribution in [0.25, 0.3) is 0 Å². The number of imide groups is 1. The lowest BCUT2D eigenvalue weighted by molar-refractivity contribution is -0.141. The van der Waals surface area contributed by atoms with Gasteiger partial charge in [-0.2, -0.15) is 0 Å². The van der Waals surface area contributed by atoms with Crippen LogP contribution in [0.1, 0.15) is 64.7 Å². The molecule has 0 radical (unpaired) electrons. The fourth-order valence-corrected chi connectivity index (χ4v) is 4.46. The van der Waals surface area contributed by atoms with Gasteiger partial charge < -0.3 is 10.2 Å². The summed E-state index contributed by atoms with van der Waals surface area (Å²) in [5, 5.41) is 5.08. The standard InChI is InChI=1S/C17H27N3O3/c1-2-20(13-6-4-3-5-7-13)14(21)12-8-10-17(11-9-12)15(22)18-16(23)19-17/h12-13H,2-11H2,1H3,(H2,18,19,22,23). The van der Waals surface area contributed by atoms with Gasteiger partial charge in [0, 0.05) is 18.5 Å². The Morgan fingerprint density at radius 3 is 2.30 bits per heavy atom. The van der Waals surface area contributed by atoms with Gasteiger partial charge in [0.05, 0.1) is 0 Å². The maximum Gasteiger partial charge on any atom is 0.322 e. The number of urea groups is 1. The lowest BCUT2D eigenvalue weighted by Crippen LogP contribution is -2.52. The average Bonchev–Trinajstić information content (AvgIpc) is 2.83. The summed E-state index contributed by atoms with van der Waals surface area (Å²) in [6.45, 7) is 2.82. The van der Waals surface area contributed by atoms with E-state index in [2.05, 4.69) is 22.5 Å². The second kappa shape index (κ2) is 6.49. The van der Waals surface area contributed by atoms with Gasteiger partial charge in [-0.25, -0.2) is 4.79 Å². The van der Waals surface area contributed by atoms with E-state index < -0.39 is 11.6 Å². The number of amides is 4. The molecule has 0 atom stereocenters. The van der Waals surface area contributed by atoms with Crippen molar-refractivity contribution in [1.82, 2.24) is 15.5 Å². The minimum Gasteiger partial charge on any atom is -0.340 e. The Morgan fingerprint density at radius 2 is 1.78 bits per heavy atom. The van der Waals surface area contributed by atoms with E-state index in [4.69, 9.17) is 0 Å². The lowest BCUT2D eigenvalue weighted by Gasteiger charge is -2.39. The number of rotatable bonds is 3. The molecule has 23 heavy (non-hydrogen) atoms. The van der Waals surface area contributed by atoms with Crippen LogP contribution in [0.4, 0.5) is 4.79 Å². The molecule has 0 aromatic rings. The minimum absolute atomic E-state index is 0.00666. The van der Waals surface area contributed by atoms with Gasteiger partial charge in [0.1, 0.15) is 5.54 Å². The molecule has 0 aromatic heterocycles. The summed E-state index contributed by atoms with van der Waals surface area (Å²) >= 11 is 0. The van der Waals surface area contributed by atoms with E-state index in [0.29, 0.717) is 31.7 Å². The molecular formula is C17H27N3O3. The fourth-order valence-electron chi connectivity index (χ4n) is 4.46. The summed E-state index contributed by atoms with van der Waals surface area (Å²) in [5.74, 6) is 0.0137. The highest BCUT2D eigenvalue weighted by Crippen LogP contribution is 2.36. The molecule has 3 rings (SSSR count). The van der Waals surface area contributed by atoms with Gasteiger partial charge in [0.15, 0.2) is 0 Å². The van der Waals surface area contributed by atoms with Crippen molar-refractivity contribution in [1.29, 1.82) is 0 Å². The van der Waals surface area contributed by atoms with Gasteiger partial charge in [0.25, 0.3) is 5.91 Å². The van der Waals surface area contributed by atoms with Gasteiger partial charge in [-0.15, -0.1) is 0 Å². The third kappa shape index (κ3) is 3.08. The molecule has 0 aromatic carbocycles. The van der Waals surface area contributed by atoms with Crippen LogP contribution in [0.5, 0.6) is 0 Å². The molecule has 0 bridgehead atoms. The Bertz CT molecular complexity index is 491. The lowest BCUT2D eigenvalue weighted by atomic mass is 9.75. The Balaban J connectivity index is 1.61. The van der Waals surface area contributed by atoms with Crippen molar-refractivity contribution in [2.75, 3.05) is 6.54 Å². The van der Waals surface area contributed by atoms with E-state index in [0.717, 1.165) is 19.4 Å². The SMILES string of the molecule is CCN(C(=O)C1CCC2(CC1)NC(=O)NC2=O)C1CCCCC1. The minimum atomic E-state index is -0.768. The van der Waals surface area contributed by atoms with Crippen molar-refractivity contribution in [2.45, 2.75) is 76.3 Å². The molecule has 2 saturated carbocycles. The Hall–Kier alpha value is -1.59. The number of nitrogens with zero attached hydrogens (tertiary/aromatic N) is 1. The number of nitrogens with one attached hydrogen (secondary N) is 2. The molecule has 3 fully saturated rings. The van der Waals surface area contributed by atoms with Gasteiger partial charge >= 0.3 is 6.03 Å². The van der Waals surface area contributed by atoms with E-state index in [1.54, 1.807) is 0 Å². The van der Waals surface area contributed by atoms with Crippen LogP contribution in [-0.4, -0.2) is 40.9 Å². The van der Waals surface area contributed by atoms with Crippen LogP contribution in [0.3, 0.4) is 0 Å². The monoisotopic (exact) mass is 321 g/mol. The molecule has 2 N–H and O–H groups in total. The largest absolute Gasteiger partial charge is 0.340 e. The van der Waals surface area contributed by atoms with E-state index in [1.165, 1.54) is 19.3 Å². The number of carbonyl (C=O) groups is 3. The molecular weight excluding hydrogens is 294 g/mol. The molecule has 1 heterocycles. The van der Waals surface area contributed by atoms with Crippen molar-refractivity contribution in [2.24, 2.45) is 5.92 Å². The summed E-state index contributed by atoms with van der Waals surface area (Å²) in [6.07, 6.45) is 8.42. The zero-order chi connectivity index (χ0) is 16.4. The van der Waals surface area contributed by atoms with Gasteiger partial charge in [-0.3, -0.25) is 14.9 Å². The molecule has 1 aliphatic heterocycles. The summed E-state index contributed by atoms with van der Waals surface area (Å²) in [4.78, 5) is 38.4. The van der Waals surface area contributed by atoms with E-state index in [1.807, 2.05) is 0 Å². The number of carbonyl (C=O) groups excluding carboxylic acids is 3. The summed E-state index contributed by atoms with van der Waals surface area (Å²) < 4.78 is 0. The predicted octanol–water partition coefficient (Wildman–Crippen LogP) is 1.94. The first kappa shape index (κ1) is 16.3. The predicted molar refractivity (Wildman–Crippen MR) is 85.6 cm³/mol. The van der Waals surface area contributed by atoms with Crippen molar-refractivity contribution in [3.8, 4) is 0 Å². The normalized spacial score (nSPS) is 31.8. The van der Waals surface area contributed by atoms with Gasteiger partial charge in [-0.05, 0) is 45.4 Å². The highest BCUT2D eigenvalue weighted by atomic mass is 16.2. The highest BCUT2D eigenvalue weighted by Gasteiger charge is 2.49. The topological polar surface area (TPSA) is 78.5 Å². The summed E-state index contributed by atoms with van der Waals surface area (Å²) in [5.41, 5.74) is -0.768. The number of hydrogen-bond acceptors (Lipinski definition) is 3. The van der Waals surface area contributed by atoms with E-state index >= 15 is 0 Å². The molecule has 128 valence electrons. The van der Waals surface area contributed by atoms with Gasteiger partial charge in [0.2, 0.25) is 5.91 Å². The second-order valence-corrected chi connectivity index (χ2v) is 7.18. The molecule has 4 amide bonds. The smallest absolute Gasteiger partial charge is 0.322 e. The summed E-state index contributed by atoms with van der Waals surface area (Å²) in [6, 6.07) is -0.0104. The zero-order valence-corrected chi connectivity index (χ0v) is 13.9. The van der Waals surface area contributed by atoms with Crippen molar-refractivity contribution >= 4 is 17.8 Å². The molecule has 3 aliphatic rings. The fraction of sp³-hybridized carbons (Fsp3) is 0.824. The highest BCUT2D eigenvalue weighted by molar-refractivity contribution is 6.07. The molecule has 1 spiro atoms. The quantitative estimate of drug-likeness (QED) is 0.780.